The molecule has 0 aliphatic heterocycles. The highest BCUT2D eigenvalue weighted by atomic mass is 32.2. The predicted octanol–water partition coefficient (Wildman–Crippen LogP) is 3.25. The number of carbonyl (C=O) groups is 1. The molecule has 3 rings (SSSR count). The van der Waals surface area contributed by atoms with Crippen LogP contribution in [0.4, 0.5) is 0 Å². The third kappa shape index (κ3) is 4.23. The molecule has 6 nitrogen and oxygen atoms in total. The number of nitrogens with zero attached hydrogens (tertiary/aromatic N) is 3. The van der Waals surface area contributed by atoms with E-state index in [1.165, 1.54) is 11.8 Å². The summed E-state index contributed by atoms with van der Waals surface area (Å²) in [7, 11) is 1.62. The Morgan fingerprint density at radius 2 is 1.92 bits per heavy atom. The van der Waals surface area contributed by atoms with E-state index in [2.05, 4.69) is 15.5 Å². The van der Waals surface area contributed by atoms with Gasteiger partial charge in [0.2, 0.25) is 5.91 Å². The minimum Gasteiger partial charge on any atom is -0.495 e. The van der Waals surface area contributed by atoms with Crippen LogP contribution in [0.2, 0.25) is 0 Å². The van der Waals surface area contributed by atoms with E-state index in [0.717, 1.165) is 17.0 Å². The Bertz CT molecular complexity index is 867. The molecule has 3 aromatic rings. The van der Waals surface area contributed by atoms with Crippen molar-refractivity contribution in [3.05, 3.63) is 66.5 Å². The average Bonchev–Trinajstić information content (AvgIpc) is 3.15. The lowest BCUT2D eigenvalue weighted by Gasteiger charge is -2.14. The lowest BCUT2D eigenvalue weighted by atomic mass is 10.1. The lowest BCUT2D eigenvalue weighted by molar-refractivity contribution is -0.119. The SMILES string of the molecule is COc1ccccc1-n1cnnc1SCC(=O)NC(C)c1ccccc1. The van der Waals surface area contributed by atoms with Crippen molar-refractivity contribution < 1.29 is 9.53 Å². The molecular weight excluding hydrogens is 348 g/mol. The fraction of sp³-hybridized carbons (Fsp3) is 0.211. The maximum Gasteiger partial charge on any atom is 0.230 e. The normalized spacial score (nSPS) is 11.8. The summed E-state index contributed by atoms with van der Waals surface area (Å²) < 4.78 is 7.20. The van der Waals surface area contributed by atoms with Crippen LogP contribution in [0.25, 0.3) is 5.69 Å². The predicted molar refractivity (Wildman–Crippen MR) is 102 cm³/mol. The maximum atomic E-state index is 12.3. The van der Waals surface area contributed by atoms with Crippen LogP contribution in [-0.2, 0) is 4.79 Å². The van der Waals surface area contributed by atoms with E-state index in [4.69, 9.17) is 4.74 Å². The number of thioether (sulfide) groups is 1. The number of hydrogen-bond acceptors (Lipinski definition) is 5. The Labute approximate surface area is 156 Å². The first-order valence-corrected chi connectivity index (χ1v) is 9.18. The van der Waals surface area contributed by atoms with Gasteiger partial charge in [0.25, 0.3) is 0 Å². The van der Waals surface area contributed by atoms with E-state index in [9.17, 15) is 4.79 Å². The van der Waals surface area contributed by atoms with Gasteiger partial charge in [-0.2, -0.15) is 0 Å². The van der Waals surface area contributed by atoms with Gasteiger partial charge in [-0.05, 0) is 24.6 Å². The minimum atomic E-state index is -0.0547. The molecule has 1 atom stereocenters. The van der Waals surface area contributed by atoms with Crippen molar-refractivity contribution in [3.8, 4) is 11.4 Å². The molecule has 26 heavy (non-hydrogen) atoms. The van der Waals surface area contributed by atoms with Crippen molar-refractivity contribution in [1.29, 1.82) is 0 Å². The molecule has 0 fully saturated rings. The fourth-order valence-electron chi connectivity index (χ4n) is 2.56. The van der Waals surface area contributed by atoms with E-state index in [1.807, 2.05) is 66.1 Å². The maximum absolute atomic E-state index is 12.3. The molecule has 1 aromatic heterocycles. The standard InChI is InChI=1S/C19H20N4O2S/c1-14(15-8-4-3-5-9-15)21-18(24)12-26-19-22-20-13-23(19)16-10-6-7-11-17(16)25-2/h3-11,13-14H,12H2,1-2H3,(H,21,24). The number of benzene rings is 2. The summed E-state index contributed by atoms with van der Waals surface area (Å²) in [6.07, 6.45) is 1.62. The van der Waals surface area contributed by atoms with E-state index >= 15 is 0 Å². The summed E-state index contributed by atoms with van der Waals surface area (Å²) in [6.45, 7) is 1.97. The number of methoxy groups -OCH3 is 1. The van der Waals surface area contributed by atoms with Crippen LogP contribution < -0.4 is 10.1 Å². The number of aromatic nitrogens is 3. The van der Waals surface area contributed by atoms with Crippen molar-refractivity contribution in [2.45, 2.75) is 18.1 Å². The van der Waals surface area contributed by atoms with Crippen molar-refractivity contribution in [3.63, 3.8) is 0 Å². The van der Waals surface area contributed by atoms with Crippen LogP contribution in [0.3, 0.4) is 0 Å². The highest BCUT2D eigenvalue weighted by Gasteiger charge is 2.14. The molecule has 0 spiro atoms. The summed E-state index contributed by atoms with van der Waals surface area (Å²) in [4.78, 5) is 12.3. The minimum absolute atomic E-state index is 0.0450. The molecule has 0 aliphatic rings. The first-order chi connectivity index (χ1) is 12.7. The van der Waals surface area contributed by atoms with Crippen LogP contribution in [0.5, 0.6) is 5.75 Å². The zero-order valence-corrected chi connectivity index (χ0v) is 15.4. The fourth-order valence-corrected chi connectivity index (χ4v) is 3.29. The monoisotopic (exact) mass is 368 g/mol. The summed E-state index contributed by atoms with van der Waals surface area (Å²) >= 11 is 1.33. The van der Waals surface area contributed by atoms with Crippen molar-refractivity contribution >= 4 is 17.7 Å². The second-order valence-corrected chi connectivity index (χ2v) is 6.59. The molecule has 0 saturated carbocycles. The Morgan fingerprint density at radius 1 is 1.19 bits per heavy atom. The lowest BCUT2D eigenvalue weighted by Crippen LogP contribution is -2.28. The van der Waals surface area contributed by atoms with Gasteiger partial charge in [-0.1, -0.05) is 54.2 Å². The Hall–Kier alpha value is -2.80. The van der Waals surface area contributed by atoms with Crippen LogP contribution in [0.1, 0.15) is 18.5 Å². The van der Waals surface area contributed by atoms with E-state index < -0.39 is 0 Å². The molecule has 7 heteroatoms. The zero-order chi connectivity index (χ0) is 18.4. The van der Waals surface area contributed by atoms with Gasteiger partial charge < -0.3 is 10.1 Å². The first kappa shape index (κ1) is 18.0. The first-order valence-electron chi connectivity index (χ1n) is 8.19. The largest absolute Gasteiger partial charge is 0.495 e. The third-order valence-corrected chi connectivity index (χ3v) is 4.81. The van der Waals surface area contributed by atoms with Gasteiger partial charge >= 0.3 is 0 Å². The van der Waals surface area contributed by atoms with E-state index in [-0.39, 0.29) is 17.7 Å². The smallest absolute Gasteiger partial charge is 0.230 e. The van der Waals surface area contributed by atoms with Crippen molar-refractivity contribution in [2.75, 3.05) is 12.9 Å². The van der Waals surface area contributed by atoms with Gasteiger partial charge in [0.05, 0.1) is 24.6 Å². The van der Waals surface area contributed by atoms with Gasteiger partial charge in [-0.3, -0.25) is 9.36 Å². The second kappa shape index (κ2) is 8.53. The summed E-state index contributed by atoms with van der Waals surface area (Å²) in [6, 6.07) is 17.4. The number of nitrogens with one attached hydrogen (secondary N) is 1. The van der Waals surface area contributed by atoms with E-state index in [1.54, 1.807) is 13.4 Å². The number of carbonyl (C=O) groups excluding carboxylic acids is 1. The molecular formula is C19H20N4O2S. The number of ether oxygens (including phenoxy) is 1. The molecule has 0 bridgehead atoms. The Balaban J connectivity index is 1.64. The summed E-state index contributed by atoms with van der Waals surface area (Å²) in [5, 5.41) is 11.7. The highest BCUT2D eigenvalue weighted by molar-refractivity contribution is 7.99. The summed E-state index contributed by atoms with van der Waals surface area (Å²) in [5.41, 5.74) is 1.91. The Kier molecular flexibility index (Phi) is 5.91. The molecule has 2 aromatic carbocycles. The number of hydrogen-bond donors (Lipinski definition) is 1. The molecule has 1 amide bonds. The van der Waals surface area contributed by atoms with Crippen LogP contribution in [0.15, 0.2) is 66.1 Å². The molecule has 0 saturated heterocycles. The van der Waals surface area contributed by atoms with Gasteiger partial charge in [-0.25, -0.2) is 0 Å². The molecule has 1 unspecified atom stereocenters. The quantitative estimate of drug-likeness (QED) is 0.649. The van der Waals surface area contributed by atoms with Crippen molar-refractivity contribution in [1.82, 2.24) is 20.1 Å². The van der Waals surface area contributed by atoms with Gasteiger partial charge in [0, 0.05) is 0 Å². The Morgan fingerprint density at radius 3 is 2.69 bits per heavy atom. The molecule has 0 aliphatic carbocycles. The second-order valence-electron chi connectivity index (χ2n) is 5.64. The van der Waals surface area contributed by atoms with Crippen LogP contribution in [0, 0.1) is 0 Å². The number of rotatable bonds is 7. The highest BCUT2D eigenvalue weighted by Crippen LogP contribution is 2.26. The molecule has 0 radical (unpaired) electrons. The van der Waals surface area contributed by atoms with Gasteiger partial charge in [0.15, 0.2) is 5.16 Å². The number of amides is 1. The van der Waals surface area contributed by atoms with E-state index in [0.29, 0.717) is 5.16 Å². The van der Waals surface area contributed by atoms with Crippen LogP contribution >= 0.6 is 11.8 Å². The molecule has 1 N–H and O–H groups in total. The topological polar surface area (TPSA) is 69.0 Å². The average molecular weight is 368 g/mol. The summed E-state index contributed by atoms with van der Waals surface area (Å²) in [5.74, 6) is 0.919. The number of para-hydroxylation sites is 2. The van der Waals surface area contributed by atoms with Gasteiger partial charge in [0.1, 0.15) is 12.1 Å². The zero-order valence-electron chi connectivity index (χ0n) is 14.6. The molecule has 134 valence electrons. The van der Waals surface area contributed by atoms with Crippen LogP contribution in [-0.4, -0.2) is 33.5 Å². The van der Waals surface area contributed by atoms with Crippen molar-refractivity contribution in [2.24, 2.45) is 0 Å². The molecule has 1 heterocycles. The van der Waals surface area contributed by atoms with Gasteiger partial charge in [-0.15, -0.1) is 10.2 Å². The third-order valence-electron chi connectivity index (χ3n) is 3.87.